The number of hydrogen-bond acceptors (Lipinski definition) is 3. The molecule has 5 heteroatoms. The van der Waals surface area contributed by atoms with Crippen molar-refractivity contribution in [2.45, 2.75) is 25.9 Å². The molecule has 0 bridgehead atoms. The number of halogens is 1. The molecule has 0 atom stereocenters. The number of rotatable bonds is 4. The first-order valence-electron chi connectivity index (χ1n) is 6.12. The Labute approximate surface area is 124 Å². The normalized spacial score (nSPS) is 10.7. The van der Waals surface area contributed by atoms with Gasteiger partial charge in [-0.2, -0.15) is 0 Å². The first-order chi connectivity index (χ1) is 9.38. The van der Waals surface area contributed by atoms with Crippen LogP contribution in [0.4, 0.5) is 5.69 Å². The van der Waals surface area contributed by atoms with E-state index in [4.69, 9.17) is 21.4 Å². The second kappa shape index (κ2) is 7.30. The summed E-state index contributed by atoms with van der Waals surface area (Å²) in [6.07, 6.45) is 0.211. The lowest BCUT2D eigenvalue weighted by Gasteiger charge is -2.22. The molecule has 1 amide bonds. The van der Waals surface area contributed by atoms with Crippen LogP contribution in [0.25, 0.3) is 0 Å². The van der Waals surface area contributed by atoms with Gasteiger partial charge in [0, 0.05) is 17.7 Å². The lowest BCUT2D eigenvalue weighted by Crippen LogP contribution is -2.29. The van der Waals surface area contributed by atoms with Crippen LogP contribution in [0.5, 0.6) is 0 Å². The number of benzene rings is 1. The molecule has 0 aliphatic rings. The molecule has 1 aromatic carbocycles. The molecular formula is C15H18ClNO3. The van der Waals surface area contributed by atoms with Gasteiger partial charge in [0.05, 0.1) is 17.7 Å². The highest BCUT2D eigenvalue weighted by Gasteiger charge is 2.21. The SMILES string of the molecule is COC(C)(C)CC(=O)Nc1cc(Cl)ccc1C#CCO. The Hall–Kier alpha value is -1.54. The van der Waals surface area contributed by atoms with Gasteiger partial charge in [0.15, 0.2) is 0 Å². The number of anilines is 1. The minimum Gasteiger partial charge on any atom is -0.384 e. The van der Waals surface area contributed by atoms with Gasteiger partial charge in [0.25, 0.3) is 0 Å². The predicted molar refractivity (Wildman–Crippen MR) is 79.8 cm³/mol. The van der Waals surface area contributed by atoms with Gasteiger partial charge in [0.2, 0.25) is 5.91 Å². The van der Waals surface area contributed by atoms with E-state index in [0.29, 0.717) is 16.3 Å². The Morgan fingerprint density at radius 3 is 2.80 bits per heavy atom. The first kappa shape index (κ1) is 16.5. The van der Waals surface area contributed by atoms with Gasteiger partial charge in [-0.1, -0.05) is 23.4 Å². The average molecular weight is 296 g/mol. The molecule has 0 saturated carbocycles. The maximum Gasteiger partial charge on any atom is 0.227 e. The molecule has 0 unspecified atom stereocenters. The summed E-state index contributed by atoms with van der Waals surface area (Å²) in [5, 5.41) is 12.0. The fraction of sp³-hybridized carbons (Fsp3) is 0.400. The van der Waals surface area contributed by atoms with Crippen LogP contribution < -0.4 is 5.32 Å². The zero-order valence-corrected chi connectivity index (χ0v) is 12.5. The van der Waals surface area contributed by atoms with Crippen molar-refractivity contribution in [3.63, 3.8) is 0 Å². The zero-order chi connectivity index (χ0) is 15.2. The highest BCUT2D eigenvalue weighted by Crippen LogP contribution is 2.22. The largest absolute Gasteiger partial charge is 0.384 e. The highest BCUT2D eigenvalue weighted by molar-refractivity contribution is 6.31. The average Bonchev–Trinajstić information content (AvgIpc) is 2.37. The van der Waals surface area contributed by atoms with Crippen LogP contribution in [0.3, 0.4) is 0 Å². The van der Waals surface area contributed by atoms with Crippen LogP contribution >= 0.6 is 11.6 Å². The Balaban J connectivity index is 2.90. The van der Waals surface area contributed by atoms with Crippen LogP contribution in [0.1, 0.15) is 25.8 Å². The molecule has 0 aliphatic heterocycles. The fourth-order valence-corrected chi connectivity index (χ4v) is 1.69. The smallest absolute Gasteiger partial charge is 0.227 e. The number of methoxy groups -OCH3 is 1. The second-order valence-corrected chi connectivity index (χ2v) is 5.28. The summed E-state index contributed by atoms with van der Waals surface area (Å²) >= 11 is 5.92. The van der Waals surface area contributed by atoms with E-state index in [2.05, 4.69) is 17.2 Å². The molecule has 0 radical (unpaired) electrons. The van der Waals surface area contributed by atoms with Gasteiger partial charge < -0.3 is 15.2 Å². The van der Waals surface area contributed by atoms with E-state index in [-0.39, 0.29) is 18.9 Å². The third-order valence-electron chi connectivity index (χ3n) is 2.70. The number of hydrogen-bond donors (Lipinski definition) is 2. The summed E-state index contributed by atoms with van der Waals surface area (Å²) in [5.74, 6) is 5.12. The van der Waals surface area contributed by atoms with Crippen molar-refractivity contribution in [1.29, 1.82) is 0 Å². The van der Waals surface area contributed by atoms with Crippen molar-refractivity contribution >= 4 is 23.2 Å². The Kier molecular flexibility index (Phi) is 6.03. The first-order valence-corrected chi connectivity index (χ1v) is 6.50. The van der Waals surface area contributed by atoms with Crippen LogP contribution in [-0.4, -0.2) is 30.3 Å². The molecule has 4 nitrogen and oxygen atoms in total. The standard InChI is InChI=1S/C15H18ClNO3/c1-15(2,20-3)10-14(19)17-13-9-12(16)7-6-11(13)5-4-8-18/h6-7,9,18H,8,10H2,1-3H3,(H,17,19). The quantitative estimate of drug-likeness (QED) is 0.839. The van der Waals surface area contributed by atoms with E-state index >= 15 is 0 Å². The zero-order valence-electron chi connectivity index (χ0n) is 11.8. The molecule has 2 N–H and O–H groups in total. The van der Waals surface area contributed by atoms with Crippen LogP contribution in [-0.2, 0) is 9.53 Å². The molecule has 0 fully saturated rings. The molecule has 0 aliphatic carbocycles. The van der Waals surface area contributed by atoms with Gasteiger partial charge in [-0.25, -0.2) is 0 Å². The highest BCUT2D eigenvalue weighted by atomic mass is 35.5. The monoisotopic (exact) mass is 295 g/mol. The minimum absolute atomic E-state index is 0.189. The lowest BCUT2D eigenvalue weighted by molar-refractivity contribution is -0.121. The third kappa shape index (κ3) is 5.22. The van der Waals surface area contributed by atoms with Crippen molar-refractivity contribution in [1.82, 2.24) is 0 Å². The topological polar surface area (TPSA) is 58.6 Å². The van der Waals surface area contributed by atoms with Crippen molar-refractivity contribution in [2.75, 3.05) is 19.0 Å². The van der Waals surface area contributed by atoms with Gasteiger partial charge in [-0.3, -0.25) is 4.79 Å². The maximum atomic E-state index is 12.0. The number of carbonyl (C=O) groups is 1. The van der Waals surface area contributed by atoms with E-state index in [9.17, 15) is 4.79 Å². The molecule has 0 spiro atoms. The Morgan fingerprint density at radius 1 is 1.50 bits per heavy atom. The number of aliphatic hydroxyl groups excluding tert-OH is 1. The van der Waals surface area contributed by atoms with Gasteiger partial charge >= 0.3 is 0 Å². The predicted octanol–water partition coefficient (Wildman–Crippen LogP) is 2.44. The lowest BCUT2D eigenvalue weighted by atomic mass is 10.0. The summed E-state index contributed by atoms with van der Waals surface area (Å²) in [7, 11) is 1.56. The Bertz CT molecular complexity index is 544. The summed E-state index contributed by atoms with van der Waals surface area (Å²) in [6.45, 7) is 3.42. The number of aliphatic hydroxyl groups is 1. The maximum absolute atomic E-state index is 12.0. The summed E-state index contributed by atoms with van der Waals surface area (Å²) < 4.78 is 5.22. The van der Waals surface area contributed by atoms with Crippen LogP contribution in [0, 0.1) is 11.8 Å². The van der Waals surface area contributed by atoms with Gasteiger partial charge in [-0.05, 0) is 32.0 Å². The van der Waals surface area contributed by atoms with Crippen LogP contribution in [0.2, 0.25) is 5.02 Å². The van der Waals surface area contributed by atoms with Gasteiger partial charge in [-0.15, -0.1) is 0 Å². The van der Waals surface area contributed by atoms with Crippen molar-refractivity contribution < 1.29 is 14.6 Å². The second-order valence-electron chi connectivity index (χ2n) is 4.84. The number of nitrogens with one attached hydrogen (secondary N) is 1. The molecule has 1 aromatic rings. The van der Waals surface area contributed by atoms with E-state index in [1.165, 1.54) is 0 Å². The molecule has 0 aromatic heterocycles. The molecular weight excluding hydrogens is 278 g/mol. The fourth-order valence-electron chi connectivity index (χ4n) is 1.52. The van der Waals surface area contributed by atoms with E-state index < -0.39 is 5.60 Å². The Morgan fingerprint density at radius 2 is 2.20 bits per heavy atom. The molecule has 20 heavy (non-hydrogen) atoms. The number of amides is 1. The number of carbonyl (C=O) groups excluding carboxylic acids is 1. The van der Waals surface area contributed by atoms with Gasteiger partial charge in [0.1, 0.15) is 6.61 Å². The van der Waals surface area contributed by atoms with Crippen molar-refractivity contribution in [3.05, 3.63) is 28.8 Å². The van der Waals surface area contributed by atoms with E-state index in [0.717, 1.165) is 0 Å². The molecule has 1 rings (SSSR count). The van der Waals surface area contributed by atoms with E-state index in [1.54, 1.807) is 25.3 Å². The number of ether oxygens (including phenoxy) is 1. The summed E-state index contributed by atoms with van der Waals surface area (Å²) in [6, 6.07) is 5.00. The van der Waals surface area contributed by atoms with E-state index in [1.807, 2.05) is 13.8 Å². The summed E-state index contributed by atoms with van der Waals surface area (Å²) in [5.41, 5.74) is 0.585. The molecule has 108 valence electrons. The third-order valence-corrected chi connectivity index (χ3v) is 2.93. The molecule has 0 saturated heterocycles. The van der Waals surface area contributed by atoms with Crippen molar-refractivity contribution in [3.8, 4) is 11.8 Å². The minimum atomic E-state index is -0.542. The molecule has 0 heterocycles. The summed E-state index contributed by atoms with van der Waals surface area (Å²) in [4.78, 5) is 12.0. The van der Waals surface area contributed by atoms with Crippen molar-refractivity contribution in [2.24, 2.45) is 0 Å². The van der Waals surface area contributed by atoms with Crippen LogP contribution in [0.15, 0.2) is 18.2 Å².